The van der Waals surface area contributed by atoms with Crippen molar-refractivity contribution in [1.82, 2.24) is 15.2 Å². The minimum Gasteiger partial charge on any atom is -0.358 e. The topological polar surface area (TPSA) is 150 Å². The van der Waals surface area contributed by atoms with E-state index in [-0.39, 0.29) is 23.1 Å². The van der Waals surface area contributed by atoms with Gasteiger partial charge in [-0.1, -0.05) is 71.1 Å². The molecule has 3 aliphatic rings. The van der Waals surface area contributed by atoms with Crippen molar-refractivity contribution in [2.24, 2.45) is 17.3 Å². The summed E-state index contributed by atoms with van der Waals surface area (Å²) in [5.74, 6) is -1.41. The van der Waals surface area contributed by atoms with Gasteiger partial charge >= 0.3 is 0 Å². The number of pyridine rings is 1. The molecule has 11 heteroatoms. The van der Waals surface area contributed by atoms with Gasteiger partial charge in [0.15, 0.2) is 0 Å². The summed E-state index contributed by atoms with van der Waals surface area (Å²) in [5.41, 5.74) is 0.609. The number of nitrogens with zero attached hydrogens (tertiary/aromatic N) is 2. The summed E-state index contributed by atoms with van der Waals surface area (Å²) in [7, 11) is 0. The van der Waals surface area contributed by atoms with Gasteiger partial charge in [0.25, 0.3) is 5.91 Å². The number of amides is 4. The highest BCUT2D eigenvalue weighted by molar-refractivity contribution is 6.43. The van der Waals surface area contributed by atoms with E-state index in [2.05, 4.69) is 33.2 Å². The van der Waals surface area contributed by atoms with E-state index in [0.717, 1.165) is 38.5 Å². The molecule has 47 heavy (non-hydrogen) atoms. The third kappa shape index (κ3) is 8.18. The monoisotopic (exact) mass is 644 g/mol. The number of aromatic nitrogens is 1. The minimum atomic E-state index is -1.04. The second-order valence-corrected chi connectivity index (χ2v) is 13.7. The van der Waals surface area contributed by atoms with Gasteiger partial charge in [-0.15, -0.1) is 0 Å². The molecule has 4 amide bonds. The Bertz CT molecular complexity index is 1460. The van der Waals surface area contributed by atoms with Gasteiger partial charge < -0.3 is 26.2 Å². The van der Waals surface area contributed by atoms with Crippen molar-refractivity contribution in [2.75, 3.05) is 22.5 Å². The van der Waals surface area contributed by atoms with Crippen molar-refractivity contribution >= 4 is 46.6 Å². The predicted octanol–water partition coefficient (Wildman–Crippen LogP) is 4.91. The molecule has 1 aromatic carbocycles. The van der Waals surface area contributed by atoms with Gasteiger partial charge in [0, 0.05) is 19.2 Å². The van der Waals surface area contributed by atoms with Crippen LogP contribution in [0.5, 0.6) is 0 Å². The third-order valence-corrected chi connectivity index (χ3v) is 10.0. The molecule has 2 fully saturated rings. The zero-order valence-electron chi connectivity index (χ0n) is 27.7. The fourth-order valence-electron chi connectivity index (χ4n) is 7.18. The molecule has 2 aliphatic heterocycles. The largest absolute Gasteiger partial charge is 0.358 e. The lowest BCUT2D eigenvalue weighted by molar-refractivity contribution is -0.141. The molecule has 0 bridgehead atoms. The molecule has 2 unspecified atom stereocenters. The molecule has 3 heterocycles. The molecule has 2 aromatic rings. The molecular formula is C36H48N6O5. The molecule has 1 aromatic heterocycles. The zero-order valence-corrected chi connectivity index (χ0v) is 27.7. The third-order valence-electron chi connectivity index (χ3n) is 10.0. The number of rotatable bonds is 7. The Kier molecular flexibility index (Phi) is 10.9. The molecule has 4 N–H and O–H groups in total. The lowest BCUT2D eigenvalue weighted by atomic mass is 9.97. The van der Waals surface area contributed by atoms with Crippen LogP contribution in [0.1, 0.15) is 85.0 Å². The summed E-state index contributed by atoms with van der Waals surface area (Å²) in [6.45, 7) is 6.54. The van der Waals surface area contributed by atoms with E-state index in [1.165, 1.54) is 0 Å². The van der Waals surface area contributed by atoms with Crippen LogP contribution in [0.15, 0.2) is 48.7 Å². The van der Waals surface area contributed by atoms with Crippen molar-refractivity contribution in [3.8, 4) is 0 Å². The van der Waals surface area contributed by atoms with Crippen molar-refractivity contribution < 1.29 is 24.0 Å². The van der Waals surface area contributed by atoms with E-state index < -0.39 is 35.7 Å². The Hall–Kier alpha value is -4.28. The van der Waals surface area contributed by atoms with E-state index in [1.54, 1.807) is 35.4 Å². The average molecular weight is 645 g/mol. The van der Waals surface area contributed by atoms with Crippen LogP contribution in [0.4, 0.5) is 17.2 Å². The highest BCUT2D eigenvalue weighted by Crippen LogP contribution is 2.61. The molecule has 5 atom stereocenters. The summed E-state index contributed by atoms with van der Waals surface area (Å²) in [5, 5.41) is 11.7. The number of benzene rings is 1. The van der Waals surface area contributed by atoms with E-state index >= 15 is 0 Å². The van der Waals surface area contributed by atoms with Crippen LogP contribution in [0.2, 0.25) is 0 Å². The van der Waals surface area contributed by atoms with Crippen molar-refractivity contribution in [3.63, 3.8) is 0 Å². The van der Waals surface area contributed by atoms with Gasteiger partial charge in [0.1, 0.15) is 17.9 Å². The van der Waals surface area contributed by atoms with Crippen molar-refractivity contribution in [2.45, 2.75) is 103 Å². The van der Waals surface area contributed by atoms with Gasteiger partial charge in [-0.25, -0.2) is 4.98 Å². The number of likely N-dealkylation sites (tertiary alicyclic amines) is 1. The van der Waals surface area contributed by atoms with Crippen LogP contribution in [0.3, 0.4) is 0 Å². The highest BCUT2D eigenvalue weighted by atomic mass is 16.2. The van der Waals surface area contributed by atoms with Crippen molar-refractivity contribution in [1.29, 1.82) is 0 Å². The van der Waals surface area contributed by atoms with Gasteiger partial charge in [-0.05, 0) is 67.2 Å². The minimum absolute atomic E-state index is 0.0762. The van der Waals surface area contributed by atoms with E-state index in [0.29, 0.717) is 55.3 Å². The number of carbonyl (C=O) groups excluding carboxylic acids is 5. The number of carbonyl (C=O) groups is 5. The van der Waals surface area contributed by atoms with Crippen LogP contribution >= 0.6 is 0 Å². The maximum Gasteiger partial charge on any atom is 0.294 e. The number of fused-ring (bicyclic) bond motifs is 1. The number of para-hydroxylation sites is 2. The van der Waals surface area contributed by atoms with E-state index in [9.17, 15) is 24.0 Å². The number of nitrogens with one attached hydrogen (secondary N) is 4. The summed E-state index contributed by atoms with van der Waals surface area (Å²) < 4.78 is 0. The maximum atomic E-state index is 14.2. The Balaban J connectivity index is 1.36. The maximum absolute atomic E-state index is 14.2. The van der Waals surface area contributed by atoms with Crippen molar-refractivity contribution in [3.05, 3.63) is 48.7 Å². The molecule has 252 valence electrons. The summed E-state index contributed by atoms with van der Waals surface area (Å²) in [6, 6.07) is 9.82. The fraction of sp³-hybridized carbons (Fsp3) is 0.556. The van der Waals surface area contributed by atoms with Crippen LogP contribution in [-0.4, -0.2) is 64.0 Å². The Morgan fingerprint density at radius 3 is 2.34 bits per heavy atom. The quantitative estimate of drug-likeness (QED) is 0.313. The standard InChI is InChI=1S/C36H48N6O5/c1-4-24-20-36(24)21-28(42(22-36)35(47)31(23(2)3)41-29-17-12-13-19-37-29)33(45)40-27-16-8-6-5-7-9-18-30(43)38-25-14-10-11-15-26(25)39-34(46)32(27)44/h10-15,17,19,23-24,27-28,31H,4-9,16,18,20-22H2,1-3H3,(H,37,41)(H,38,43)(H,39,46)(H,40,45)/t24-,27-,28+,31?,36?/m1/s1. The number of anilines is 3. The molecule has 0 radical (unpaired) electrons. The molecule has 1 saturated carbocycles. The first-order valence-corrected chi connectivity index (χ1v) is 17.1. The Morgan fingerprint density at radius 2 is 1.66 bits per heavy atom. The summed E-state index contributed by atoms with van der Waals surface area (Å²) in [6.07, 6.45) is 8.68. The van der Waals surface area contributed by atoms with Gasteiger partial charge in [0.2, 0.25) is 23.5 Å². The van der Waals surface area contributed by atoms with Gasteiger partial charge in [-0.3, -0.25) is 24.0 Å². The molecule has 1 spiro atoms. The lowest BCUT2D eigenvalue weighted by Gasteiger charge is -2.31. The van der Waals surface area contributed by atoms with Gasteiger partial charge in [0.05, 0.1) is 17.4 Å². The molecule has 5 rings (SSSR count). The summed E-state index contributed by atoms with van der Waals surface area (Å²) >= 11 is 0. The molecule has 1 aliphatic carbocycles. The first-order valence-electron chi connectivity index (χ1n) is 17.1. The zero-order chi connectivity index (χ0) is 33.6. The lowest BCUT2D eigenvalue weighted by Crippen LogP contribution is -2.55. The second kappa shape index (κ2) is 15.1. The SMILES string of the molecule is CC[C@@H]1CC12C[C@@H](C(=O)N[C@@H]1CCCCCCCC(=O)Nc3ccccc3NC(=O)C1=O)N(C(=O)C(Nc1ccccn1)C(C)C)C2. The van der Waals surface area contributed by atoms with E-state index in [1.807, 2.05) is 32.0 Å². The summed E-state index contributed by atoms with van der Waals surface area (Å²) in [4.78, 5) is 73.8. The number of hydrogen-bond donors (Lipinski definition) is 4. The Labute approximate surface area is 277 Å². The molecule has 1 saturated heterocycles. The second-order valence-electron chi connectivity index (χ2n) is 13.7. The van der Waals surface area contributed by atoms with Gasteiger partial charge in [-0.2, -0.15) is 0 Å². The first-order chi connectivity index (χ1) is 22.6. The van der Waals surface area contributed by atoms with E-state index in [4.69, 9.17) is 0 Å². The average Bonchev–Trinajstić information content (AvgIpc) is 3.61. The fourth-order valence-corrected chi connectivity index (χ4v) is 7.18. The molecule has 11 nitrogen and oxygen atoms in total. The first kappa shape index (κ1) is 34.1. The van der Waals surface area contributed by atoms with Crippen LogP contribution in [0.25, 0.3) is 0 Å². The smallest absolute Gasteiger partial charge is 0.294 e. The van der Waals surface area contributed by atoms with Crippen LogP contribution in [-0.2, 0) is 24.0 Å². The normalized spacial score (nSPS) is 26.0. The predicted molar refractivity (Wildman–Crippen MR) is 180 cm³/mol. The van der Waals surface area contributed by atoms with Crippen LogP contribution in [0, 0.1) is 17.3 Å². The number of Topliss-reactive ketones (excluding diaryl/α,β-unsaturated/α-hetero) is 1. The van der Waals surface area contributed by atoms with Crippen LogP contribution < -0.4 is 21.3 Å². The Morgan fingerprint density at radius 1 is 0.957 bits per heavy atom. The number of ketones is 1. The highest BCUT2D eigenvalue weighted by Gasteiger charge is 2.61. The molecular weight excluding hydrogens is 596 g/mol. The number of hydrogen-bond acceptors (Lipinski definition) is 7.